The molecule has 5 heteroatoms. The number of nitrogens with zero attached hydrogens (tertiary/aromatic N) is 1. The average Bonchev–Trinajstić information content (AvgIpc) is 2.66. The van der Waals surface area contributed by atoms with E-state index in [-0.39, 0.29) is 6.10 Å². The Balaban J connectivity index is 2.06. The molecule has 0 amide bonds. The second kappa shape index (κ2) is 4.49. The fourth-order valence-electron chi connectivity index (χ4n) is 1.99. The van der Waals surface area contributed by atoms with E-state index in [2.05, 4.69) is 9.97 Å². The molecule has 0 spiro atoms. The Morgan fingerprint density at radius 2 is 2.00 bits per heavy atom. The van der Waals surface area contributed by atoms with Crippen molar-refractivity contribution in [3.63, 3.8) is 0 Å². The molecule has 0 aliphatic carbocycles. The van der Waals surface area contributed by atoms with Crippen LogP contribution < -0.4 is 9.47 Å². The second-order valence-corrected chi connectivity index (χ2v) is 4.37. The normalized spacial score (nSPS) is 16.6. The molecule has 1 aliphatic rings. The Kier molecular flexibility index (Phi) is 2.83. The molecule has 2 heterocycles. The molecular weight excluding hydrogens is 232 g/mol. The largest absolute Gasteiger partial charge is 0.489 e. The highest BCUT2D eigenvalue weighted by atomic mass is 16.5. The van der Waals surface area contributed by atoms with Crippen molar-refractivity contribution in [2.24, 2.45) is 0 Å². The molecule has 1 unspecified atom stereocenters. The average molecular weight is 248 g/mol. The number of fused-ring (bicyclic) bond motifs is 2. The summed E-state index contributed by atoms with van der Waals surface area (Å²) in [6.45, 7) is 3.33. The zero-order valence-electron chi connectivity index (χ0n) is 10.5. The Morgan fingerprint density at radius 3 is 2.72 bits per heavy atom. The van der Waals surface area contributed by atoms with Crippen LogP contribution in [0.5, 0.6) is 11.5 Å². The van der Waals surface area contributed by atoms with Gasteiger partial charge in [-0.2, -0.15) is 0 Å². The van der Waals surface area contributed by atoms with Crippen LogP contribution in [-0.4, -0.2) is 30.3 Å². The van der Waals surface area contributed by atoms with Crippen molar-refractivity contribution in [3.8, 4) is 11.5 Å². The molecule has 1 aliphatic heterocycles. The van der Waals surface area contributed by atoms with Gasteiger partial charge >= 0.3 is 0 Å². The minimum Gasteiger partial charge on any atom is -0.489 e. The fourth-order valence-corrected chi connectivity index (χ4v) is 1.99. The van der Waals surface area contributed by atoms with Gasteiger partial charge in [0.1, 0.15) is 11.9 Å². The van der Waals surface area contributed by atoms with E-state index < -0.39 is 0 Å². The highest BCUT2D eigenvalue weighted by molar-refractivity contribution is 5.79. The second-order valence-electron chi connectivity index (χ2n) is 4.37. The minimum atomic E-state index is -0.0564. The smallest absolute Gasteiger partial charge is 0.163 e. The predicted molar refractivity (Wildman–Crippen MR) is 67.1 cm³/mol. The molecule has 0 saturated heterocycles. The van der Waals surface area contributed by atoms with Gasteiger partial charge in [-0.15, -0.1) is 0 Å². The van der Waals surface area contributed by atoms with E-state index in [0.29, 0.717) is 13.2 Å². The topological polar surface area (TPSA) is 56.4 Å². The van der Waals surface area contributed by atoms with Crippen molar-refractivity contribution in [1.29, 1.82) is 0 Å². The first-order valence-electron chi connectivity index (χ1n) is 6.10. The number of methoxy groups -OCH3 is 1. The number of hydrogen-bond acceptors (Lipinski definition) is 4. The van der Waals surface area contributed by atoms with Crippen molar-refractivity contribution >= 4 is 11.0 Å². The number of ether oxygens (including phenoxy) is 3. The summed E-state index contributed by atoms with van der Waals surface area (Å²) < 4.78 is 16.5. The summed E-state index contributed by atoms with van der Waals surface area (Å²) in [6, 6.07) is 3.85. The van der Waals surface area contributed by atoms with Gasteiger partial charge in [0.15, 0.2) is 11.5 Å². The Labute approximate surface area is 105 Å². The van der Waals surface area contributed by atoms with Crippen LogP contribution in [0.25, 0.3) is 11.0 Å². The number of nitrogens with one attached hydrogen (secondary N) is 1. The van der Waals surface area contributed by atoms with Gasteiger partial charge < -0.3 is 19.2 Å². The highest BCUT2D eigenvalue weighted by Crippen LogP contribution is 2.33. The lowest BCUT2D eigenvalue weighted by Crippen LogP contribution is -1.98. The third-order valence-electron chi connectivity index (χ3n) is 3.11. The van der Waals surface area contributed by atoms with Crippen LogP contribution >= 0.6 is 0 Å². The third-order valence-corrected chi connectivity index (χ3v) is 3.11. The molecule has 1 atom stereocenters. The summed E-state index contributed by atoms with van der Waals surface area (Å²) in [5, 5.41) is 0. The lowest BCUT2D eigenvalue weighted by atomic mass is 10.3. The van der Waals surface area contributed by atoms with Gasteiger partial charge in [0.05, 0.1) is 24.2 Å². The molecule has 0 saturated carbocycles. The van der Waals surface area contributed by atoms with Crippen molar-refractivity contribution in [1.82, 2.24) is 9.97 Å². The molecule has 0 radical (unpaired) electrons. The van der Waals surface area contributed by atoms with Gasteiger partial charge in [-0.3, -0.25) is 0 Å². The van der Waals surface area contributed by atoms with Crippen molar-refractivity contribution in [2.75, 3.05) is 20.3 Å². The number of aromatic nitrogens is 2. The monoisotopic (exact) mass is 248 g/mol. The SMILES string of the molecule is COC(C)c1nc2cc3c(cc2[nH]1)OCCCO3. The lowest BCUT2D eigenvalue weighted by molar-refractivity contribution is 0.113. The van der Waals surface area contributed by atoms with E-state index in [1.54, 1.807) is 7.11 Å². The van der Waals surface area contributed by atoms with Crippen molar-refractivity contribution < 1.29 is 14.2 Å². The lowest BCUT2D eigenvalue weighted by Gasteiger charge is -2.05. The van der Waals surface area contributed by atoms with Gasteiger partial charge in [0, 0.05) is 25.7 Å². The molecule has 0 fully saturated rings. The number of aromatic amines is 1. The summed E-state index contributed by atoms with van der Waals surface area (Å²) in [5.74, 6) is 2.36. The van der Waals surface area contributed by atoms with Crippen LogP contribution in [0, 0.1) is 0 Å². The maximum atomic E-state index is 5.65. The van der Waals surface area contributed by atoms with E-state index in [1.807, 2.05) is 19.1 Å². The number of imidazole rings is 1. The van der Waals surface area contributed by atoms with Crippen LogP contribution in [0.4, 0.5) is 0 Å². The Hall–Kier alpha value is -1.75. The first kappa shape index (κ1) is 11.3. The first-order valence-corrected chi connectivity index (χ1v) is 6.10. The van der Waals surface area contributed by atoms with Gasteiger partial charge in [-0.1, -0.05) is 0 Å². The van der Waals surface area contributed by atoms with Gasteiger partial charge in [0.25, 0.3) is 0 Å². The third kappa shape index (κ3) is 1.90. The minimum absolute atomic E-state index is 0.0564. The maximum absolute atomic E-state index is 5.65. The number of benzene rings is 1. The molecule has 2 aromatic rings. The quantitative estimate of drug-likeness (QED) is 0.886. The van der Waals surface area contributed by atoms with Gasteiger partial charge in [-0.05, 0) is 6.92 Å². The molecule has 1 N–H and O–H groups in total. The van der Waals surface area contributed by atoms with Crippen LogP contribution in [0.1, 0.15) is 25.3 Å². The van der Waals surface area contributed by atoms with Gasteiger partial charge in [0.2, 0.25) is 0 Å². The predicted octanol–water partition coefficient (Wildman–Crippen LogP) is 2.43. The first-order chi connectivity index (χ1) is 8.78. The Bertz CT molecular complexity index is 522. The zero-order chi connectivity index (χ0) is 12.5. The van der Waals surface area contributed by atoms with E-state index in [1.165, 1.54) is 0 Å². The van der Waals surface area contributed by atoms with Crippen LogP contribution in [0.3, 0.4) is 0 Å². The van der Waals surface area contributed by atoms with E-state index in [4.69, 9.17) is 14.2 Å². The van der Waals surface area contributed by atoms with Gasteiger partial charge in [-0.25, -0.2) is 4.98 Å². The maximum Gasteiger partial charge on any atom is 0.163 e. The number of H-pyrrole nitrogens is 1. The summed E-state index contributed by atoms with van der Waals surface area (Å²) >= 11 is 0. The molecular formula is C13H16N2O3. The molecule has 1 aromatic heterocycles. The highest BCUT2D eigenvalue weighted by Gasteiger charge is 2.15. The fraction of sp³-hybridized carbons (Fsp3) is 0.462. The van der Waals surface area contributed by atoms with E-state index >= 15 is 0 Å². The molecule has 96 valence electrons. The molecule has 18 heavy (non-hydrogen) atoms. The van der Waals surface area contributed by atoms with Crippen LogP contribution in [-0.2, 0) is 4.74 Å². The number of hydrogen-bond donors (Lipinski definition) is 1. The molecule has 5 nitrogen and oxygen atoms in total. The Morgan fingerprint density at radius 1 is 1.28 bits per heavy atom. The van der Waals surface area contributed by atoms with Crippen LogP contribution in [0.2, 0.25) is 0 Å². The summed E-state index contributed by atoms with van der Waals surface area (Å²) in [5.41, 5.74) is 1.82. The van der Waals surface area contributed by atoms with Crippen molar-refractivity contribution in [2.45, 2.75) is 19.4 Å². The molecule has 3 rings (SSSR count). The summed E-state index contributed by atoms with van der Waals surface area (Å²) in [7, 11) is 1.67. The molecule has 0 bridgehead atoms. The standard InChI is InChI=1S/C13H16N2O3/c1-8(16-2)13-14-9-6-11-12(7-10(9)15-13)18-5-3-4-17-11/h6-8H,3-5H2,1-2H3,(H,14,15). The number of rotatable bonds is 2. The summed E-state index contributed by atoms with van der Waals surface area (Å²) in [4.78, 5) is 7.75. The zero-order valence-corrected chi connectivity index (χ0v) is 10.5. The summed E-state index contributed by atoms with van der Waals surface area (Å²) in [6.07, 6.45) is 0.848. The van der Waals surface area contributed by atoms with E-state index in [9.17, 15) is 0 Å². The van der Waals surface area contributed by atoms with E-state index in [0.717, 1.165) is 34.8 Å². The molecule has 1 aromatic carbocycles. The van der Waals surface area contributed by atoms with Crippen LogP contribution in [0.15, 0.2) is 12.1 Å². The van der Waals surface area contributed by atoms with Crippen molar-refractivity contribution in [3.05, 3.63) is 18.0 Å².